The van der Waals surface area contributed by atoms with Crippen LogP contribution in [0.2, 0.25) is 0 Å². The molecule has 1 aromatic heterocycles. The van der Waals surface area contributed by atoms with E-state index in [4.69, 9.17) is 0 Å². The third kappa shape index (κ3) is 1.55. The summed E-state index contributed by atoms with van der Waals surface area (Å²) in [5.41, 5.74) is 3.87. The molecule has 0 saturated carbocycles. The highest BCUT2D eigenvalue weighted by Crippen LogP contribution is 2.14. The molecule has 72 valence electrons. The van der Waals surface area contributed by atoms with E-state index < -0.39 is 0 Å². The average Bonchev–Trinajstić information content (AvgIpc) is 2.70. The number of aromatic nitrogens is 2. The van der Waals surface area contributed by atoms with Gasteiger partial charge in [-0.2, -0.15) is 5.10 Å². The first-order valence-corrected chi connectivity index (χ1v) is 4.91. The molecule has 0 aliphatic carbocycles. The van der Waals surface area contributed by atoms with Gasteiger partial charge in [0.1, 0.15) is 0 Å². The highest BCUT2D eigenvalue weighted by Gasteiger charge is 1.99. The second kappa shape index (κ2) is 3.66. The molecule has 0 N–H and O–H groups in total. The van der Waals surface area contributed by atoms with E-state index in [1.807, 2.05) is 16.9 Å². The van der Waals surface area contributed by atoms with Crippen molar-refractivity contribution in [2.45, 2.75) is 20.3 Å². The van der Waals surface area contributed by atoms with Crippen LogP contribution in [-0.2, 0) is 6.42 Å². The van der Waals surface area contributed by atoms with E-state index in [9.17, 15) is 0 Å². The fraction of sp³-hybridized carbons (Fsp3) is 0.250. The molecule has 0 saturated heterocycles. The maximum atomic E-state index is 4.20. The van der Waals surface area contributed by atoms with Gasteiger partial charge < -0.3 is 0 Å². The molecular formula is C12H14N2. The molecule has 0 radical (unpaired) electrons. The molecule has 0 spiro atoms. The predicted molar refractivity (Wildman–Crippen MR) is 57.7 cm³/mol. The Kier molecular flexibility index (Phi) is 2.35. The SMILES string of the molecule is CCc1ccc(-n2cccn2)cc1C. The average molecular weight is 186 g/mol. The van der Waals surface area contributed by atoms with Gasteiger partial charge in [-0.1, -0.05) is 13.0 Å². The van der Waals surface area contributed by atoms with Gasteiger partial charge in [0.2, 0.25) is 0 Å². The fourth-order valence-corrected chi connectivity index (χ4v) is 1.64. The largest absolute Gasteiger partial charge is 0.241 e. The summed E-state index contributed by atoms with van der Waals surface area (Å²) in [5, 5.41) is 4.20. The van der Waals surface area contributed by atoms with Crippen molar-refractivity contribution >= 4 is 0 Å². The summed E-state index contributed by atoms with van der Waals surface area (Å²) in [6.45, 7) is 4.32. The van der Waals surface area contributed by atoms with Crippen molar-refractivity contribution in [3.05, 3.63) is 47.8 Å². The first kappa shape index (κ1) is 9.00. The summed E-state index contributed by atoms with van der Waals surface area (Å²) in [6.07, 6.45) is 4.84. The fourth-order valence-electron chi connectivity index (χ4n) is 1.64. The topological polar surface area (TPSA) is 17.8 Å². The highest BCUT2D eigenvalue weighted by molar-refractivity contribution is 5.39. The molecule has 0 bridgehead atoms. The number of benzene rings is 1. The summed E-state index contributed by atoms with van der Waals surface area (Å²) in [4.78, 5) is 0. The van der Waals surface area contributed by atoms with Crippen LogP contribution in [0.5, 0.6) is 0 Å². The minimum Gasteiger partial charge on any atom is -0.241 e. The Hall–Kier alpha value is -1.57. The van der Waals surface area contributed by atoms with Crippen LogP contribution in [-0.4, -0.2) is 9.78 Å². The van der Waals surface area contributed by atoms with E-state index in [0.29, 0.717) is 0 Å². The lowest BCUT2D eigenvalue weighted by Gasteiger charge is -2.06. The third-order valence-corrected chi connectivity index (χ3v) is 2.48. The van der Waals surface area contributed by atoms with Gasteiger partial charge in [0.15, 0.2) is 0 Å². The predicted octanol–water partition coefficient (Wildman–Crippen LogP) is 2.74. The van der Waals surface area contributed by atoms with E-state index >= 15 is 0 Å². The zero-order valence-electron chi connectivity index (χ0n) is 8.57. The molecule has 0 amide bonds. The summed E-state index contributed by atoms with van der Waals surface area (Å²) in [5.74, 6) is 0. The Morgan fingerprint density at radius 1 is 1.36 bits per heavy atom. The molecule has 0 aliphatic heterocycles. The Balaban J connectivity index is 2.43. The number of hydrogen-bond acceptors (Lipinski definition) is 1. The molecule has 2 heteroatoms. The zero-order valence-corrected chi connectivity index (χ0v) is 8.57. The second-order valence-corrected chi connectivity index (χ2v) is 3.41. The van der Waals surface area contributed by atoms with Gasteiger partial charge >= 0.3 is 0 Å². The van der Waals surface area contributed by atoms with Crippen LogP contribution < -0.4 is 0 Å². The normalized spacial score (nSPS) is 10.4. The smallest absolute Gasteiger partial charge is 0.0648 e. The Morgan fingerprint density at radius 2 is 2.21 bits per heavy atom. The van der Waals surface area contributed by atoms with Crippen molar-refractivity contribution in [1.82, 2.24) is 9.78 Å². The number of rotatable bonds is 2. The zero-order chi connectivity index (χ0) is 9.97. The van der Waals surface area contributed by atoms with Gasteiger partial charge in [-0.05, 0) is 42.7 Å². The standard InChI is InChI=1S/C12H14N2/c1-3-11-5-6-12(9-10(11)2)14-8-4-7-13-14/h4-9H,3H2,1-2H3. The molecule has 2 aromatic rings. The van der Waals surface area contributed by atoms with Crippen LogP contribution in [0.3, 0.4) is 0 Å². The van der Waals surface area contributed by atoms with Crippen molar-refractivity contribution in [3.8, 4) is 5.69 Å². The lowest BCUT2D eigenvalue weighted by Crippen LogP contribution is -1.96. The monoisotopic (exact) mass is 186 g/mol. The quantitative estimate of drug-likeness (QED) is 0.705. The maximum absolute atomic E-state index is 4.20. The van der Waals surface area contributed by atoms with Crippen LogP contribution in [0, 0.1) is 6.92 Å². The van der Waals surface area contributed by atoms with Crippen LogP contribution in [0.1, 0.15) is 18.1 Å². The minimum absolute atomic E-state index is 1.09. The van der Waals surface area contributed by atoms with Crippen LogP contribution >= 0.6 is 0 Å². The van der Waals surface area contributed by atoms with Gasteiger partial charge in [0.25, 0.3) is 0 Å². The lowest BCUT2D eigenvalue weighted by atomic mass is 10.1. The number of aryl methyl sites for hydroxylation is 2. The third-order valence-electron chi connectivity index (χ3n) is 2.48. The minimum atomic E-state index is 1.09. The summed E-state index contributed by atoms with van der Waals surface area (Å²) < 4.78 is 1.88. The van der Waals surface area contributed by atoms with E-state index in [1.165, 1.54) is 11.1 Å². The van der Waals surface area contributed by atoms with Gasteiger partial charge in [0.05, 0.1) is 5.69 Å². The van der Waals surface area contributed by atoms with Crippen molar-refractivity contribution in [3.63, 3.8) is 0 Å². The molecule has 1 heterocycles. The molecule has 1 aromatic carbocycles. The summed E-state index contributed by atoms with van der Waals surface area (Å²) >= 11 is 0. The first-order valence-electron chi connectivity index (χ1n) is 4.91. The second-order valence-electron chi connectivity index (χ2n) is 3.41. The number of hydrogen-bond donors (Lipinski definition) is 0. The van der Waals surface area contributed by atoms with E-state index in [1.54, 1.807) is 6.20 Å². The van der Waals surface area contributed by atoms with Gasteiger partial charge in [-0.3, -0.25) is 0 Å². The van der Waals surface area contributed by atoms with Crippen molar-refractivity contribution < 1.29 is 0 Å². The van der Waals surface area contributed by atoms with Gasteiger partial charge in [-0.15, -0.1) is 0 Å². The Bertz CT molecular complexity index is 416. The highest BCUT2D eigenvalue weighted by atomic mass is 15.3. The van der Waals surface area contributed by atoms with Gasteiger partial charge in [0, 0.05) is 12.4 Å². The molecule has 0 fully saturated rings. The van der Waals surface area contributed by atoms with E-state index in [0.717, 1.165) is 12.1 Å². The van der Waals surface area contributed by atoms with Gasteiger partial charge in [-0.25, -0.2) is 4.68 Å². The van der Waals surface area contributed by atoms with E-state index in [2.05, 4.69) is 37.1 Å². The van der Waals surface area contributed by atoms with Crippen molar-refractivity contribution in [1.29, 1.82) is 0 Å². The van der Waals surface area contributed by atoms with Crippen LogP contribution in [0.15, 0.2) is 36.7 Å². The molecule has 2 nitrogen and oxygen atoms in total. The molecule has 0 aliphatic rings. The maximum Gasteiger partial charge on any atom is 0.0648 e. The van der Waals surface area contributed by atoms with Crippen LogP contribution in [0.4, 0.5) is 0 Å². The molecule has 14 heavy (non-hydrogen) atoms. The number of nitrogens with zero attached hydrogens (tertiary/aromatic N) is 2. The summed E-state index contributed by atoms with van der Waals surface area (Å²) in [6, 6.07) is 8.39. The molecular weight excluding hydrogens is 172 g/mol. The van der Waals surface area contributed by atoms with Crippen molar-refractivity contribution in [2.75, 3.05) is 0 Å². The lowest BCUT2D eigenvalue weighted by molar-refractivity contribution is 0.877. The Labute approximate surface area is 84.2 Å². The molecule has 0 atom stereocenters. The van der Waals surface area contributed by atoms with Crippen LogP contribution in [0.25, 0.3) is 5.69 Å². The molecule has 0 unspecified atom stereocenters. The Morgan fingerprint density at radius 3 is 2.79 bits per heavy atom. The first-order chi connectivity index (χ1) is 6.81. The molecule has 2 rings (SSSR count). The van der Waals surface area contributed by atoms with E-state index in [-0.39, 0.29) is 0 Å². The summed E-state index contributed by atoms with van der Waals surface area (Å²) in [7, 11) is 0. The van der Waals surface area contributed by atoms with Crippen molar-refractivity contribution in [2.24, 2.45) is 0 Å².